The molecule has 62 heavy (non-hydrogen) atoms. The number of anilines is 3. The van der Waals surface area contributed by atoms with Crippen molar-refractivity contribution >= 4 is 44.4 Å². The Hall–Kier alpha value is -7.89. The molecule has 5 nitrogen and oxygen atoms in total. The number of nitrogens with zero attached hydrogens (tertiary/aromatic N) is 5. The van der Waals surface area contributed by atoms with Gasteiger partial charge < -0.3 is 9.47 Å². The number of benzene rings is 7. The fourth-order valence-corrected chi connectivity index (χ4v) is 9.07. The monoisotopic (exact) mass is 797 g/mol. The minimum atomic E-state index is 0.706. The highest BCUT2D eigenvalue weighted by Gasteiger charge is 2.21. The van der Waals surface area contributed by atoms with Crippen molar-refractivity contribution in [1.29, 1.82) is 0 Å². The number of hydrogen-bond donors (Lipinski definition) is 0. The van der Waals surface area contributed by atoms with Crippen molar-refractivity contribution in [2.45, 2.75) is 25.7 Å². The van der Waals surface area contributed by atoms with Crippen molar-refractivity contribution in [3.8, 4) is 50.6 Å². The third-order valence-electron chi connectivity index (χ3n) is 12.1. The highest BCUT2D eigenvalue weighted by Crippen LogP contribution is 2.43. The third-order valence-corrected chi connectivity index (χ3v) is 12.1. The molecule has 0 saturated heterocycles. The van der Waals surface area contributed by atoms with E-state index in [1.165, 1.54) is 62.5 Å². The second kappa shape index (κ2) is 16.3. The van der Waals surface area contributed by atoms with Crippen LogP contribution >= 0.6 is 0 Å². The number of pyridine rings is 1. The maximum absolute atomic E-state index is 4.58. The Kier molecular flexibility index (Phi) is 9.75. The van der Waals surface area contributed by atoms with E-state index in [0.29, 0.717) is 5.82 Å². The first-order valence-electron chi connectivity index (χ1n) is 21.5. The lowest BCUT2D eigenvalue weighted by molar-refractivity contribution is 0.742. The average molecular weight is 798 g/mol. The van der Waals surface area contributed by atoms with Crippen molar-refractivity contribution in [3.63, 3.8) is 0 Å². The van der Waals surface area contributed by atoms with Crippen LogP contribution in [0.25, 0.3) is 78.0 Å². The van der Waals surface area contributed by atoms with E-state index in [9.17, 15) is 0 Å². The largest absolute Gasteiger partial charge is 0.311 e. The lowest BCUT2D eigenvalue weighted by atomic mass is 9.90. The van der Waals surface area contributed by atoms with Gasteiger partial charge in [-0.3, -0.25) is 4.98 Å². The summed E-state index contributed by atoms with van der Waals surface area (Å²) in [5.74, 6) is 0.706. The normalized spacial score (nSPS) is 12.7. The van der Waals surface area contributed by atoms with Crippen molar-refractivity contribution in [1.82, 2.24) is 19.5 Å². The predicted octanol–water partition coefficient (Wildman–Crippen LogP) is 15.1. The summed E-state index contributed by atoms with van der Waals surface area (Å²) >= 11 is 0. The molecule has 1 aliphatic carbocycles. The van der Waals surface area contributed by atoms with Crippen LogP contribution < -0.4 is 4.90 Å². The number of aromatic nitrogens is 4. The lowest BCUT2D eigenvalue weighted by Gasteiger charge is -2.26. The molecule has 10 aromatic rings. The summed E-state index contributed by atoms with van der Waals surface area (Å²) in [5.41, 5.74) is 17.3. The fourth-order valence-electron chi connectivity index (χ4n) is 9.07. The Balaban J connectivity index is 1.03. The van der Waals surface area contributed by atoms with Gasteiger partial charge in [-0.1, -0.05) is 91.0 Å². The Morgan fingerprint density at radius 2 is 1.05 bits per heavy atom. The number of hydrogen-bond acceptors (Lipinski definition) is 4. The van der Waals surface area contributed by atoms with Crippen LogP contribution in [0.4, 0.5) is 17.1 Å². The summed E-state index contributed by atoms with van der Waals surface area (Å²) in [5, 5.41) is 2.52. The molecule has 0 fully saturated rings. The van der Waals surface area contributed by atoms with E-state index in [1.54, 1.807) is 12.4 Å². The minimum absolute atomic E-state index is 0.706. The number of para-hydroxylation sites is 1. The molecule has 0 radical (unpaired) electrons. The summed E-state index contributed by atoms with van der Waals surface area (Å²) in [6, 6.07) is 67.5. The van der Waals surface area contributed by atoms with Crippen LogP contribution in [0.15, 0.2) is 213 Å². The fraction of sp³-hybridized carbons (Fsp3) is 0.0702. The van der Waals surface area contributed by atoms with E-state index in [1.807, 2.05) is 30.5 Å². The summed E-state index contributed by atoms with van der Waals surface area (Å²) < 4.78 is 2.46. The van der Waals surface area contributed by atoms with E-state index in [0.717, 1.165) is 58.0 Å². The molecule has 3 aromatic heterocycles. The average Bonchev–Trinajstić information content (AvgIpc) is 3.69. The van der Waals surface area contributed by atoms with Crippen LogP contribution in [0, 0.1) is 0 Å². The molecule has 3 heterocycles. The first-order chi connectivity index (χ1) is 30.7. The van der Waals surface area contributed by atoms with Gasteiger partial charge in [-0.2, -0.15) is 0 Å². The van der Waals surface area contributed by atoms with Gasteiger partial charge in [0.15, 0.2) is 5.82 Å². The molecular weight excluding hydrogens is 755 g/mol. The zero-order valence-corrected chi connectivity index (χ0v) is 34.3. The highest BCUT2D eigenvalue weighted by atomic mass is 15.1. The number of rotatable bonds is 9. The maximum atomic E-state index is 4.58. The molecule has 0 atom stereocenters. The number of fused-ring (bicyclic) bond motifs is 3. The maximum Gasteiger partial charge on any atom is 0.159 e. The summed E-state index contributed by atoms with van der Waals surface area (Å²) in [4.78, 5) is 15.8. The summed E-state index contributed by atoms with van der Waals surface area (Å²) in [7, 11) is 0. The standard InChI is InChI=1S/C57H43N5/c1-4-13-40(14-5-1)46-38-51(42-15-6-2-7-16-42)56-53(39-46)52-37-45(26-33-55(52)62(56)47-17-8-3-9-18-47)41-20-27-48(28-21-41)61(49-29-22-43(23-30-49)54-19-10-11-34-58-54)50-31-24-44(25-32-50)57-59-35-12-36-60-57/h2-3,6-13,15-39H,1,4-5,14H2. The van der Waals surface area contributed by atoms with Crippen molar-refractivity contribution < 1.29 is 0 Å². The zero-order chi connectivity index (χ0) is 41.2. The van der Waals surface area contributed by atoms with Crippen LogP contribution in [0.5, 0.6) is 0 Å². The molecule has 0 saturated carbocycles. The molecule has 296 valence electrons. The quantitative estimate of drug-likeness (QED) is 0.146. The molecule has 0 spiro atoms. The van der Waals surface area contributed by atoms with E-state index in [2.05, 4.69) is 194 Å². The molecule has 0 N–H and O–H groups in total. The molecular formula is C57H43N5. The van der Waals surface area contributed by atoms with Crippen LogP contribution in [0.2, 0.25) is 0 Å². The molecule has 0 unspecified atom stereocenters. The van der Waals surface area contributed by atoms with E-state index >= 15 is 0 Å². The first-order valence-corrected chi connectivity index (χ1v) is 21.5. The van der Waals surface area contributed by atoms with Gasteiger partial charge in [-0.15, -0.1) is 0 Å². The highest BCUT2D eigenvalue weighted by molar-refractivity contribution is 6.15. The first kappa shape index (κ1) is 37.1. The van der Waals surface area contributed by atoms with E-state index < -0.39 is 0 Å². The van der Waals surface area contributed by atoms with Gasteiger partial charge in [-0.05, 0) is 157 Å². The molecule has 0 aliphatic heterocycles. The van der Waals surface area contributed by atoms with Crippen LogP contribution in [0.1, 0.15) is 31.2 Å². The SMILES string of the molecule is C1=C(c2cc(-c3ccccc3)c3c(c2)c2cc(-c4ccc(N(c5ccc(-c6ccccn6)cc5)c5ccc(-c6ncccn6)cc5)cc4)ccc2n3-c2ccccc2)CCCC1. The Labute approximate surface area is 362 Å². The van der Waals surface area contributed by atoms with E-state index in [-0.39, 0.29) is 0 Å². The molecule has 0 bridgehead atoms. The van der Waals surface area contributed by atoms with Gasteiger partial charge in [0.05, 0.1) is 16.7 Å². The molecule has 0 amide bonds. The van der Waals surface area contributed by atoms with Gasteiger partial charge >= 0.3 is 0 Å². The van der Waals surface area contributed by atoms with Gasteiger partial charge in [0.2, 0.25) is 0 Å². The van der Waals surface area contributed by atoms with Crippen molar-refractivity contribution in [2.24, 2.45) is 0 Å². The van der Waals surface area contributed by atoms with Crippen LogP contribution in [0.3, 0.4) is 0 Å². The smallest absolute Gasteiger partial charge is 0.159 e. The topological polar surface area (TPSA) is 46.8 Å². The molecule has 5 heteroatoms. The molecule has 1 aliphatic rings. The lowest BCUT2D eigenvalue weighted by Crippen LogP contribution is -2.09. The minimum Gasteiger partial charge on any atom is -0.311 e. The predicted molar refractivity (Wildman–Crippen MR) is 257 cm³/mol. The van der Waals surface area contributed by atoms with Gasteiger partial charge in [0.1, 0.15) is 0 Å². The Morgan fingerprint density at radius 1 is 0.435 bits per heavy atom. The molecule has 7 aromatic carbocycles. The second-order valence-corrected chi connectivity index (χ2v) is 15.9. The molecule has 11 rings (SSSR count). The summed E-state index contributed by atoms with van der Waals surface area (Å²) in [6.07, 6.45) is 12.6. The third kappa shape index (κ3) is 7.03. The van der Waals surface area contributed by atoms with Gasteiger partial charge in [-0.25, -0.2) is 9.97 Å². The second-order valence-electron chi connectivity index (χ2n) is 15.9. The number of allylic oxidation sites excluding steroid dienone is 2. The van der Waals surface area contributed by atoms with Gasteiger partial charge in [0.25, 0.3) is 0 Å². The van der Waals surface area contributed by atoms with Gasteiger partial charge in [0, 0.05) is 68.8 Å². The Bertz CT molecular complexity index is 3090. The van der Waals surface area contributed by atoms with Crippen molar-refractivity contribution in [3.05, 3.63) is 218 Å². The Morgan fingerprint density at radius 3 is 1.71 bits per heavy atom. The van der Waals surface area contributed by atoms with Crippen molar-refractivity contribution in [2.75, 3.05) is 4.90 Å². The van der Waals surface area contributed by atoms with Crippen LogP contribution in [-0.2, 0) is 0 Å². The summed E-state index contributed by atoms with van der Waals surface area (Å²) in [6.45, 7) is 0. The van der Waals surface area contributed by atoms with Crippen LogP contribution in [-0.4, -0.2) is 19.5 Å². The van der Waals surface area contributed by atoms with E-state index in [4.69, 9.17) is 0 Å². The zero-order valence-electron chi connectivity index (χ0n) is 34.3.